The molecular weight excluding hydrogens is 415 g/mol. The summed E-state index contributed by atoms with van der Waals surface area (Å²) in [7, 11) is -4.03. The van der Waals surface area contributed by atoms with Crippen LogP contribution in [0, 0.1) is 5.82 Å². The summed E-state index contributed by atoms with van der Waals surface area (Å²) in [5.74, 6) is -1.05. The van der Waals surface area contributed by atoms with Gasteiger partial charge in [0.1, 0.15) is 5.82 Å². The van der Waals surface area contributed by atoms with Crippen molar-refractivity contribution in [1.82, 2.24) is 4.31 Å². The number of rotatable bonds is 7. The summed E-state index contributed by atoms with van der Waals surface area (Å²) < 4.78 is 40.5. The number of nitrogens with one attached hydrogen (secondary N) is 1. The lowest BCUT2D eigenvalue weighted by Crippen LogP contribution is -2.37. The van der Waals surface area contributed by atoms with Crippen LogP contribution in [0.15, 0.2) is 83.8 Å². The molecular formula is C21H18ClFN2O3S. The van der Waals surface area contributed by atoms with Crippen molar-refractivity contribution < 1.29 is 17.6 Å². The van der Waals surface area contributed by atoms with E-state index in [1.54, 1.807) is 48.5 Å². The molecule has 150 valence electrons. The summed E-state index contributed by atoms with van der Waals surface area (Å²) in [6.07, 6.45) is 0. The van der Waals surface area contributed by atoms with Gasteiger partial charge >= 0.3 is 0 Å². The minimum atomic E-state index is -4.03. The van der Waals surface area contributed by atoms with Gasteiger partial charge in [0.25, 0.3) is 0 Å². The maximum absolute atomic E-state index is 13.2. The number of sulfonamides is 1. The third-order valence-electron chi connectivity index (χ3n) is 4.10. The lowest BCUT2D eigenvalue weighted by Gasteiger charge is -2.22. The highest BCUT2D eigenvalue weighted by Crippen LogP contribution is 2.20. The molecule has 0 aliphatic rings. The first-order chi connectivity index (χ1) is 13.8. The van der Waals surface area contributed by atoms with Gasteiger partial charge in [-0.2, -0.15) is 4.31 Å². The zero-order valence-electron chi connectivity index (χ0n) is 15.3. The molecule has 0 spiro atoms. The number of carbonyl (C=O) groups excluding carboxylic acids is 1. The fourth-order valence-corrected chi connectivity index (χ4v) is 4.17. The Morgan fingerprint density at radius 3 is 2.17 bits per heavy atom. The largest absolute Gasteiger partial charge is 0.325 e. The number of halogens is 2. The van der Waals surface area contributed by atoms with Crippen LogP contribution in [0.3, 0.4) is 0 Å². The Hall–Kier alpha value is -2.74. The minimum Gasteiger partial charge on any atom is -0.325 e. The Bertz CT molecular complexity index is 1070. The summed E-state index contributed by atoms with van der Waals surface area (Å²) in [5, 5.41) is 3.18. The molecule has 1 amide bonds. The molecule has 0 aliphatic heterocycles. The van der Waals surface area contributed by atoms with Gasteiger partial charge in [-0.05, 0) is 54.1 Å². The molecule has 3 rings (SSSR count). The van der Waals surface area contributed by atoms with Gasteiger partial charge in [0.15, 0.2) is 0 Å². The SMILES string of the molecule is O=C(CN(Cc1ccccc1)S(=O)(=O)c1ccc(F)cc1)Nc1ccc(Cl)cc1. The van der Waals surface area contributed by atoms with Crippen molar-refractivity contribution in [3.05, 3.63) is 95.3 Å². The van der Waals surface area contributed by atoms with E-state index in [-0.39, 0.29) is 11.4 Å². The average Bonchev–Trinajstić information content (AvgIpc) is 2.70. The zero-order valence-corrected chi connectivity index (χ0v) is 16.8. The number of benzene rings is 3. The van der Waals surface area contributed by atoms with E-state index in [2.05, 4.69) is 5.32 Å². The Morgan fingerprint density at radius 2 is 1.55 bits per heavy atom. The molecule has 0 radical (unpaired) electrons. The lowest BCUT2D eigenvalue weighted by molar-refractivity contribution is -0.116. The summed E-state index contributed by atoms with van der Waals surface area (Å²) in [6.45, 7) is -0.411. The minimum absolute atomic E-state index is 0.00537. The fourth-order valence-electron chi connectivity index (χ4n) is 2.66. The number of anilines is 1. The van der Waals surface area contributed by atoms with Crippen molar-refractivity contribution in [2.75, 3.05) is 11.9 Å². The van der Waals surface area contributed by atoms with Gasteiger partial charge < -0.3 is 5.32 Å². The van der Waals surface area contributed by atoms with E-state index in [1.165, 1.54) is 12.1 Å². The lowest BCUT2D eigenvalue weighted by atomic mass is 10.2. The number of carbonyl (C=O) groups is 1. The first kappa shape index (κ1) is 21.0. The van der Waals surface area contributed by atoms with Crippen molar-refractivity contribution in [3.8, 4) is 0 Å². The zero-order chi connectivity index (χ0) is 20.9. The van der Waals surface area contributed by atoms with Crippen LogP contribution in [-0.4, -0.2) is 25.2 Å². The number of nitrogens with zero attached hydrogens (tertiary/aromatic N) is 1. The van der Waals surface area contributed by atoms with Crippen molar-refractivity contribution in [2.24, 2.45) is 0 Å². The Labute approximate surface area is 173 Å². The molecule has 0 unspecified atom stereocenters. The summed E-state index contributed by atoms with van der Waals surface area (Å²) in [4.78, 5) is 12.4. The van der Waals surface area contributed by atoms with Crippen molar-refractivity contribution >= 4 is 33.2 Å². The first-order valence-electron chi connectivity index (χ1n) is 8.70. The van der Waals surface area contributed by atoms with E-state index in [4.69, 9.17) is 11.6 Å². The molecule has 0 heterocycles. The standard InChI is InChI=1S/C21H18ClFN2O3S/c22-17-6-10-19(11-7-17)24-21(26)15-25(14-16-4-2-1-3-5-16)29(27,28)20-12-8-18(23)9-13-20/h1-13H,14-15H2,(H,24,26). The van der Waals surface area contributed by atoms with Crippen LogP contribution in [0.25, 0.3) is 0 Å². The maximum atomic E-state index is 13.2. The van der Waals surface area contributed by atoms with Gasteiger partial charge in [0.2, 0.25) is 15.9 Å². The van der Waals surface area contributed by atoms with Gasteiger partial charge in [-0.25, -0.2) is 12.8 Å². The van der Waals surface area contributed by atoms with E-state index < -0.39 is 28.3 Å². The number of hydrogen-bond acceptors (Lipinski definition) is 3. The number of hydrogen-bond donors (Lipinski definition) is 1. The van der Waals surface area contributed by atoms with Crippen LogP contribution >= 0.6 is 11.6 Å². The van der Waals surface area contributed by atoms with E-state index in [9.17, 15) is 17.6 Å². The molecule has 3 aromatic rings. The second kappa shape index (κ2) is 9.17. The monoisotopic (exact) mass is 432 g/mol. The normalized spacial score (nSPS) is 11.4. The Balaban J connectivity index is 1.85. The highest BCUT2D eigenvalue weighted by atomic mass is 35.5. The van der Waals surface area contributed by atoms with Crippen LogP contribution < -0.4 is 5.32 Å². The predicted octanol–water partition coefficient (Wildman–Crippen LogP) is 4.31. The molecule has 1 N–H and O–H groups in total. The van der Waals surface area contributed by atoms with Crippen LogP contribution in [0.1, 0.15) is 5.56 Å². The van der Waals surface area contributed by atoms with Crippen LogP contribution in [-0.2, 0) is 21.4 Å². The highest BCUT2D eigenvalue weighted by molar-refractivity contribution is 7.89. The molecule has 0 saturated carbocycles. The van der Waals surface area contributed by atoms with Gasteiger partial charge in [-0.15, -0.1) is 0 Å². The topological polar surface area (TPSA) is 66.5 Å². The average molecular weight is 433 g/mol. The van der Waals surface area contributed by atoms with Crippen LogP contribution in [0.4, 0.5) is 10.1 Å². The predicted molar refractivity (Wildman–Crippen MR) is 111 cm³/mol. The molecule has 8 heteroatoms. The van der Waals surface area contributed by atoms with Crippen molar-refractivity contribution in [2.45, 2.75) is 11.4 Å². The molecule has 3 aromatic carbocycles. The van der Waals surface area contributed by atoms with Crippen molar-refractivity contribution in [1.29, 1.82) is 0 Å². The molecule has 0 fully saturated rings. The van der Waals surface area contributed by atoms with E-state index in [0.717, 1.165) is 22.0 Å². The molecule has 5 nitrogen and oxygen atoms in total. The third-order valence-corrected chi connectivity index (χ3v) is 6.16. The van der Waals surface area contributed by atoms with Gasteiger partial charge in [-0.1, -0.05) is 41.9 Å². The molecule has 0 atom stereocenters. The third kappa shape index (κ3) is 5.63. The smallest absolute Gasteiger partial charge is 0.243 e. The summed E-state index contributed by atoms with van der Waals surface area (Å²) in [6, 6.07) is 19.9. The van der Waals surface area contributed by atoms with Gasteiger partial charge in [-0.3, -0.25) is 4.79 Å². The van der Waals surface area contributed by atoms with E-state index >= 15 is 0 Å². The molecule has 0 aromatic heterocycles. The number of amides is 1. The molecule has 29 heavy (non-hydrogen) atoms. The van der Waals surface area contributed by atoms with Gasteiger partial charge in [0.05, 0.1) is 11.4 Å². The molecule has 0 bridgehead atoms. The van der Waals surface area contributed by atoms with Crippen LogP contribution in [0.5, 0.6) is 0 Å². The summed E-state index contributed by atoms with van der Waals surface area (Å²) >= 11 is 5.83. The Morgan fingerprint density at radius 1 is 0.931 bits per heavy atom. The van der Waals surface area contributed by atoms with Gasteiger partial charge in [0, 0.05) is 17.3 Å². The highest BCUT2D eigenvalue weighted by Gasteiger charge is 2.27. The summed E-state index contributed by atoms with van der Waals surface area (Å²) in [5.41, 5.74) is 1.22. The second-order valence-corrected chi connectivity index (χ2v) is 8.64. The molecule has 0 saturated heterocycles. The first-order valence-corrected chi connectivity index (χ1v) is 10.5. The maximum Gasteiger partial charge on any atom is 0.243 e. The van der Waals surface area contributed by atoms with E-state index in [0.29, 0.717) is 10.7 Å². The quantitative estimate of drug-likeness (QED) is 0.605. The second-order valence-electron chi connectivity index (χ2n) is 6.27. The van der Waals surface area contributed by atoms with Crippen LogP contribution in [0.2, 0.25) is 5.02 Å². The fraction of sp³-hybridized carbons (Fsp3) is 0.0952. The van der Waals surface area contributed by atoms with Crippen molar-refractivity contribution in [3.63, 3.8) is 0 Å². The molecule has 0 aliphatic carbocycles. The van der Waals surface area contributed by atoms with E-state index in [1.807, 2.05) is 6.07 Å². The Kier molecular flexibility index (Phi) is 6.64.